The monoisotopic (exact) mass is 350 g/mol. The van der Waals surface area contributed by atoms with E-state index < -0.39 is 11.7 Å². The molecular weight excluding hydrogens is 337 g/mol. The summed E-state index contributed by atoms with van der Waals surface area (Å²) >= 11 is 3.16. The van der Waals surface area contributed by atoms with Crippen molar-refractivity contribution in [3.63, 3.8) is 0 Å². The van der Waals surface area contributed by atoms with Crippen LogP contribution in [0.5, 0.6) is 0 Å². The topological polar surface area (TPSA) is 41.1 Å². The van der Waals surface area contributed by atoms with Gasteiger partial charge in [0.1, 0.15) is 0 Å². The average Bonchev–Trinajstić information content (AvgIpc) is 3.18. The van der Waals surface area contributed by atoms with E-state index in [0.717, 1.165) is 25.0 Å². The average molecular weight is 351 g/mol. The molecule has 110 valence electrons. The summed E-state index contributed by atoms with van der Waals surface area (Å²) in [6, 6.07) is 3.29. The summed E-state index contributed by atoms with van der Waals surface area (Å²) in [5, 5.41) is 5.45. The van der Waals surface area contributed by atoms with Gasteiger partial charge >= 0.3 is 6.18 Å². The summed E-state index contributed by atoms with van der Waals surface area (Å²) in [5.74, 6) is 0.348. The lowest BCUT2D eigenvalue weighted by Gasteiger charge is -2.12. The molecule has 7 heteroatoms. The molecular formula is C13H14BrF3N2O. The van der Waals surface area contributed by atoms with Crippen LogP contribution in [0.15, 0.2) is 22.7 Å². The summed E-state index contributed by atoms with van der Waals surface area (Å²) < 4.78 is 38.3. The molecule has 0 radical (unpaired) electrons. The van der Waals surface area contributed by atoms with Crippen molar-refractivity contribution in [2.45, 2.75) is 19.0 Å². The zero-order valence-electron chi connectivity index (χ0n) is 10.6. The number of halogens is 4. The highest BCUT2D eigenvalue weighted by molar-refractivity contribution is 9.10. The molecule has 1 amide bonds. The van der Waals surface area contributed by atoms with Crippen LogP contribution in [0.4, 0.5) is 18.9 Å². The van der Waals surface area contributed by atoms with Gasteiger partial charge in [-0.3, -0.25) is 4.79 Å². The molecule has 0 aromatic heterocycles. The van der Waals surface area contributed by atoms with Crippen LogP contribution >= 0.6 is 15.9 Å². The minimum Gasteiger partial charge on any atom is -0.375 e. The first-order chi connectivity index (χ1) is 9.36. The minimum absolute atomic E-state index is 0.0490. The molecule has 2 N–H and O–H groups in total. The number of alkyl halides is 3. The molecule has 1 aliphatic rings. The van der Waals surface area contributed by atoms with Crippen molar-refractivity contribution in [2.75, 3.05) is 18.4 Å². The van der Waals surface area contributed by atoms with E-state index in [1.165, 1.54) is 6.07 Å². The van der Waals surface area contributed by atoms with Crippen LogP contribution in [0.2, 0.25) is 0 Å². The first kappa shape index (κ1) is 15.2. The molecule has 1 aromatic carbocycles. The molecule has 2 rings (SSSR count). The van der Waals surface area contributed by atoms with E-state index in [-0.39, 0.29) is 18.1 Å². The fourth-order valence-electron chi connectivity index (χ4n) is 1.66. The summed E-state index contributed by atoms with van der Waals surface area (Å²) in [4.78, 5) is 11.5. The highest BCUT2D eigenvalue weighted by atomic mass is 79.9. The van der Waals surface area contributed by atoms with Crippen LogP contribution in [0, 0.1) is 5.92 Å². The molecule has 0 atom stereocenters. The number of carbonyl (C=O) groups excluding carboxylic acids is 1. The van der Waals surface area contributed by atoms with Crippen LogP contribution in [-0.2, 0) is 11.0 Å². The molecule has 3 nitrogen and oxygen atoms in total. The van der Waals surface area contributed by atoms with E-state index in [0.29, 0.717) is 16.9 Å². The Bertz CT molecular complexity index is 501. The fraction of sp³-hybridized carbons (Fsp3) is 0.462. The molecule has 1 aromatic rings. The lowest BCUT2D eigenvalue weighted by atomic mass is 10.2. The molecule has 0 aliphatic heterocycles. The van der Waals surface area contributed by atoms with Crippen LogP contribution in [0.1, 0.15) is 18.4 Å². The van der Waals surface area contributed by atoms with E-state index in [1.807, 2.05) is 0 Å². The van der Waals surface area contributed by atoms with E-state index >= 15 is 0 Å². The first-order valence-electron chi connectivity index (χ1n) is 6.23. The lowest BCUT2D eigenvalue weighted by Crippen LogP contribution is -2.31. The number of nitrogens with one attached hydrogen (secondary N) is 2. The van der Waals surface area contributed by atoms with Crippen molar-refractivity contribution in [2.24, 2.45) is 5.92 Å². The van der Waals surface area contributed by atoms with Crippen molar-refractivity contribution in [1.82, 2.24) is 5.32 Å². The maximum absolute atomic E-state index is 12.6. The van der Waals surface area contributed by atoms with Crippen molar-refractivity contribution in [3.05, 3.63) is 28.2 Å². The predicted molar refractivity (Wildman–Crippen MR) is 73.4 cm³/mol. The first-order valence-corrected chi connectivity index (χ1v) is 7.03. The second-order valence-corrected chi connectivity index (χ2v) is 5.65. The number of anilines is 1. The van der Waals surface area contributed by atoms with Crippen LogP contribution in [0.3, 0.4) is 0 Å². The summed E-state index contributed by atoms with van der Waals surface area (Å²) in [5.41, 5.74) is -0.497. The predicted octanol–water partition coefficient (Wildman–Crippen LogP) is 3.41. The zero-order valence-corrected chi connectivity index (χ0v) is 12.1. The van der Waals surface area contributed by atoms with Gasteiger partial charge in [-0.1, -0.05) is 0 Å². The van der Waals surface area contributed by atoms with Gasteiger partial charge in [-0.15, -0.1) is 0 Å². The molecule has 1 saturated carbocycles. The molecule has 20 heavy (non-hydrogen) atoms. The van der Waals surface area contributed by atoms with Crippen molar-refractivity contribution in [3.8, 4) is 0 Å². The van der Waals surface area contributed by atoms with Gasteiger partial charge in [0.2, 0.25) is 5.91 Å². The third-order valence-electron chi connectivity index (χ3n) is 3.02. The van der Waals surface area contributed by atoms with E-state index in [9.17, 15) is 18.0 Å². The number of amides is 1. The second kappa shape index (κ2) is 6.03. The Kier molecular flexibility index (Phi) is 4.57. The van der Waals surface area contributed by atoms with Crippen LogP contribution in [-0.4, -0.2) is 19.0 Å². The minimum atomic E-state index is -4.40. The van der Waals surface area contributed by atoms with Gasteiger partial charge in [-0.25, -0.2) is 0 Å². The largest absolute Gasteiger partial charge is 0.416 e. The standard InChI is InChI=1S/C13H14BrF3N2O/c14-10-4-3-9(13(15,16)17)5-11(10)18-7-12(20)19-6-8-1-2-8/h3-5,8,18H,1-2,6-7H2,(H,19,20). The summed E-state index contributed by atoms with van der Waals surface area (Å²) in [6.07, 6.45) is -2.13. The quantitative estimate of drug-likeness (QED) is 0.854. The molecule has 1 aliphatic carbocycles. The van der Waals surface area contributed by atoms with Gasteiger partial charge in [0, 0.05) is 16.7 Å². The Morgan fingerprint density at radius 2 is 2.05 bits per heavy atom. The summed E-state index contributed by atoms with van der Waals surface area (Å²) in [6.45, 7) is 0.594. The third-order valence-corrected chi connectivity index (χ3v) is 3.71. The number of hydrogen-bond acceptors (Lipinski definition) is 2. The number of hydrogen-bond donors (Lipinski definition) is 2. The van der Waals surface area contributed by atoms with Gasteiger partial charge < -0.3 is 10.6 Å². The van der Waals surface area contributed by atoms with Gasteiger partial charge in [0.05, 0.1) is 12.1 Å². The van der Waals surface area contributed by atoms with E-state index in [1.54, 1.807) is 0 Å². The van der Waals surface area contributed by atoms with Gasteiger partial charge in [-0.2, -0.15) is 13.2 Å². The van der Waals surface area contributed by atoms with Gasteiger partial charge in [0.15, 0.2) is 0 Å². The summed E-state index contributed by atoms with van der Waals surface area (Å²) in [7, 11) is 0. The Morgan fingerprint density at radius 1 is 1.35 bits per heavy atom. The second-order valence-electron chi connectivity index (χ2n) is 4.79. The van der Waals surface area contributed by atoms with Crippen molar-refractivity contribution >= 4 is 27.5 Å². The van der Waals surface area contributed by atoms with Gasteiger partial charge in [0.25, 0.3) is 0 Å². The highest BCUT2D eigenvalue weighted by Crippen LogP contribution is 2.33. The number of carbonyl (C=O) groups is 1. The Hall–Kier alpha value is -1.24. The SMILES string of the molecule is O=C(CNc1cc(C(F)(F)F)ccc1Br)NCC1CC1. The highest BCUT2D eigenvalue weighted by Gasteiger charge is 2.31. The Morgan fingerprint density at radius 3 is 2.65 bits per heavy atom. The molecule has 0 spiro atoms. The lowest BCUT2D eigenvalue weighted by molar-refractivity contribution is -0.137. The molecule has 0 heterocycles. The normalized spacial score (nSPS) is 15.0. The maximum Gasteiger partial charge on any atom is 0.416 e. The van der Waals surface area contributed by atoms with Crippen molar-refractivity contribution in [1.29, 1.82) is 0 Å². The van der Waals surface area contributed by atoms with Crippen molar-refractivity contribution < 1.29 is 18.0 Å². The van der Waals surface area contributed by atoms with E-state index in [2.05, 4.69) is 26.6 Å². The molecule has 0 bridgehead atoms. The Labute approximate surface area is 123 Å². The molecule has 1 fully saturated rings. The molecule has 0 unspecified atom stereocenters. The third kappa shape index (κ3) is 4.40. The van der Waals surface area contributed by atoms with Crippen LogP contribution < -0.4 is 10.6 Å². The zero-order chi connectivity index (χ0) is 14.8. The van der Waals surface area contributed by atoms with Gasteiger partial charge in [-0.05, 0) is 52.9 Å². The van der Waals surface area contributed by atoms with Crippen LogP contribution in [0.25, 0.3) is 0 Å². The molecule has 0 saturated heterocycles. The fourth-order valence-corrected chi connectivity index (χ4v) is 2.04. The Balaban J connectivity index is 1.92. The van der Waals surface area contributed by atoms with E-state index in [4.69, 9.17) is 0 Å². The smallest absolute Gasteiger partial charge is 0.375 e. The number of benzene rings is 1. The maximum atomic E-state index is 12.6. The number of rotatable bonds is 5.